The Morgan fingerprint density at radius 3 is 2.86 bits per heavy atom. The molecule has 1 aromatic carbocycles. The molecule has 1 aliphatic rings. The van der Waals surface area contributed by atoms with E-state index >= 15 is 0 Å². The van der Waals surface area contributed by atoms with Crippen molar-refractivity contribution in [3.63, 3.8) is 0 Å². The number of imidazole rings is 1. The molecule has 1 heterocycles. The number of carbonyl (C=O) groups is 1. The Labute approximate surface area is 129 Å². The van der Waals surface area contributed by atoms with Crippen LogP contribution in [-0.2, 0) is 6.54 Å². The van der Waals surface area contributed by atoms with Crippen molar-refractivity contribution >= 4 is 28.5 Å². The zero-order chi connectivity index (χ0) is 14.8. The van der Waals surface area contributed by atoms with Crippen LogP contribution in [0, 0.1) is 0 Å². The molecule has 1 saturated carbocycles. The first kappa shape index (κ1) is 14.4. The van der Waals surface area contributed by atoms with Crippen molar-refractivity contribution in [3.05, 3.63) is 29.0 Å². The first-order valence-electron chi connectivity index (χ1n) is 7.65. The molecule has 0 spiro atoms. The molecule has 1 aliphatic carbocycles. The SMILES string of the molecule is CCn1c(Cl)nc2cc(C(=O)NC3CCCCC3)ccc21. The first-order valence-corrected chi connectivity index (χ1v) is 8.03. The lowest BCUT2D eigenvalue weighted by molar-refractivity contribution is 0.0928. The van der Waals surface area contributed by atoms with E-state index in [9.17, 15) is 4.79 Å². The number of fused-ring (bicyclic) bond motifs is 1. The summed E-state index contributed by atoms with van der Waals surface area (Å²) >= 11 is 6.11. The molecule has 0 aliphatic heterocycles. The highest BCUT2D eigenvalue weighted by Gasteiger charge is 2.17. The highest BCUT2D eigenvalue weighted by atomic mass is 35.5. The molecule has 5 heteroatoms. The number of carbonyl (C=O) groups excluding carboxylic acids is 1. The van der Waals surface area contributed by atoms with E-state index in [0.29, 0.717) is 16.9 Å². The Kier molecular flexibility index (Phi) is 4.15. The highest BCUT2D eigenvalue weighted by molar-refractivity contribution is 6.29. The lowest BCUT2D eigenvalue weighted by Crippen LogP contribution is -2.36. The molecule has 0 bridgehead atoms. The predicted molar refractivity (Wildman–Crippen MR) is 84.8 cm³/mol. The normalized spacial score (nSPS) is 16.3. The number of nitrogens with one attached hydrogen (secondary N) is 1. The van der Waals surface area contributed by atoms with Crippen LogP contribution in [0.1, 0.15) is 49.4 Å². The van der Waals surface area contributed by atoms with E-state index in [-0.39, 0.29) is 5.91 Å². The van der Waals surface area contributed by atoms with E-state index in [4.69, 9.17) is 11.6 Å². The number of benzene rings is 1. The largest absolute Gasteiger partial charge is 0.349 e. The maximum Gasteiger partial charge on any atom is 0.251 e. The Hall–Kier alpha value is -1.55. The van der Waals surface area contributed by atoms with E-state index in [2.05, 4.69) is 10.3 Å². The minimum atomic E-state index is -0.00836. The number of hydrogen-bond donors (Lipinski definition) is 1. The number of aryl methyl sites for hydroxylation is 1. The van der Waals surface area contributed by atoms with Gasteiger partial charge in [-0.2, -0.15) is 0 Å². The topological polar surface area (TPSA) is 46.9 Å². The smallest absolute Gasteiger partial charge is 0.251 e. The van der Waals surface area contributed by atoms with Crippen molar-refractivity contribution in [2.45, 2.75) is 51.6 Å². The second-order valence-electron chi connectivity index (χ2n) is 5.64. The fraction of sp³-hybridized carbons (Fsp3) is 0.500. The quantitative estimate of drug-likeness (QED) is 0.938. The van der Waals surface area contributed by atoms with Crippen molar-refractivity contribution in [2.75, 3.05) is 0 Å². The van der Waals surface area contributed by atoms with Gasteiger partial charge in [0.25, 0.3) is 5.91 Å². The van der Waals surface area contributed by atoms with E-state index in [1.165, 1.54) is 19.3 Å². The van der Waals surface area contributed by atoms with Gasteiger partial charge < -0.3 is 9.88 Å². The first-order chi connectivity index (χ1) is 10.2. The molecule has 4 nitrogen and oxygen atoms in total. The van der Waals surface area contributed by atoms with Crippen LogP contribution in [0.5, 0.6) is 0 Å². The van der Waals surface area contributed by atoms with Gasteiger partial charge in [0.2, 0.25) is 5.28 Å². The lowest BCUT2D eigenvalue weighted by Gasteiger charge is -2.22. The van der Waals surface area contributed by atoms with E-state index in [0.717, 1.165) is 30.4 Å². The summed E-state index contributed by atoms with van der Waals surface area (Å²) in [5.74, 6) is -0.00836. The summed E-state index contributed by atoms with van der Waals surface area (Å²) < 4.78 is 1.93. The van der Waals surface area contributed by atoms with Crippen molar-refractivity contribution in [1.29, 1.82) is 0 Å². The summed E-state index contributed by atoms with van der Waals surface area (Å²) in [5.41, 5.74) is 2.40. The van der Waals surface area contributed by atoms with Crippen LogP contribution >= 0.6 is 11.6 Å². The minimum Gasteiger partial charge on any atom is -0.349 e. The Morgan fingerprint density at radius 2 is 2.14 bits per heavy atom. The highest BCUT2D eigenvalue weighted by Crippen LogP contribution is 2.22. The summed E-state index contributed by atoms with van der Waals surface area (Å²) in [4.78, 5) is 16.7. The monoisotopic (exact) mass is 305 g/mol. The van der Waals surface area contributed by atoms with E-state index in [1.807, 2.05) is 29.7 Å². The lowest BCUT2D eigenvalue weighted by atomic mass is 9.95. The Morgan fingerprint density at radius 1 is 1.38 bits per heavy atom. The third-order valence-corrected chi connectivity index (χ3v) is 4.51. The molecule has 21 heavy (non-hydrogen) atoms. The Bertz CT molecular complexity index is 659. The number of nitrogens with zero attached hydrogens (tertiary/aromatic N) is 2. The molecule has 0 saturated heterocycles. The number of hydrogen-bond acceptors (Lipinski definition) is 2. The summed E-state index contributed by atoms with van der Waals surface area (Å²) in [5, 5.41) is 3.60. The van der Waals surface area contributed by atoms with Crippen LogP contribution in [0.15, 0.2) is 18.2 Å². The maximum absolute atomic E-state index is 12.3. The van der Waals surface area contributed by atoms with Crippen molar-refractivity contribution < 1.29 is 4.79 Å². The van der Waals surface area contributed by atoms with Gasteiger partial charge in [-0.3, -0.25) is 4.79 Å². The maximum atomic E-state index is 12.3. The number of amides is 1. The van der Waals surface area contributed by atoms with Gasteiger partial charge in [0.05, 0.1) is 11.0 Å². The molecule has 3 rings (SSSR count). The van der Waals surface area contributed by atoms with Gasteiger partial charge in [0, 0.05) is 18.2 Å². The zero-order valence-electron chi connectivity index (χ0n) is 12.2. The third kappa shape index (κ3) is 2.91. The van der Waals surface area contributed by atoms with Gasteiger partial charge in [-0.25, -0.2) is 4.98 Å². The summed E-state index contributed by atoms with van der Waals surface area (Å²) in [6, 6.07) is 5.92. The molecule has 2 aromatic rings. The molecule has 0 atom stereocenters. The summed E-state index contributed by atoms with van der Waals surface area (Å²) in [7, 11) is 0. The molecule has 0 radical (unpaired) electrons. The fourth-order valence-corrected chi connectivity index (χ4v) is 3.36. The van der Waals surface area contributed by atoms with Crippen LogP contribution in [-0.4, -0.2) is 21.5 Å². The number of halogens is 1. The van der Waals surface area contributed by atoms with E-state index < -0.39 is 0 Å². The van der Waals surface area contributed by atoms with Crippen molar-refractivity contribution in [1.82, 2.24) is 14.9 Å². The summed E-state index contributed by atoms with van der Waals surface area (Å²) in [6.07, 6.45) is 5.88. The van der Waals surface area contributed by atoms with Gasteiger partial charge in [0.15, 0.2) is 0 Å². The minimum absolute atomic E-state index is 0.00836. The summed E-state index contributed by atoms with van der Waals surface area (Å²) in [6.45, 7) is 2.79. The molecular weight excluding hydrogens is 286 g/mol. The van der Waals surface area contributed by atoms with Gasteiger partial charge in [0.1, 0.15) is 0 Å². The third-order valence-electron chi connectivity index (χ3n) is 4.22. The van der Waals surface area contributed by atoms with Crippen LogP contribution in [0.4, 0.5) is 0 Å². The zero-order valence-corrected chi connectivity index (χ0v) is 13.0. The molecule has 1 N–H and O–H groups in total. The second kappa shape index (κ2) is 6.06. The second-order valence-corrected chi connectivity index (χ2v) is 5.98. The molecule has 1 aromatic heterocycles. The molecule has 112 valence electrons. The number of rotatable bonds is 3. The van der Waals surface area contributed by atoms with Gasteiger partial charge >= 0.3 is 0 Å². The van der Waals surface area contributed by atoms with Gasteiger partial charge in [-0.05, 0) is 49.6 Å². The number of aromatic nitrogens is 2. The average Bonchev–Trinajstić information content (AvgIpc) is 2.82. The molecular formula is C16H20ClN3O. The fourth-order valence-electron chi connectivity index (χ4n) is 3.06. The van der Waals surface area contributed by atoms with Crippen LogP contribution < -0.4 is 5.32 Å². The molecule has 1 amide bonds. The molecule has 0 unspecified atom stereocenters. The van der Waals surface area contributed by atoms with Crippen molar-refractivity contribution in [3.8, 4) is 0 Å². The molecule has 1 fully saturated rings. The van der Waals surface area contributed by atoms with Gasteiger partial charge in [-0.15, -0.1) is 0 Å². The van der Waals surface area contributed by atoms with Crippen LogP contribution in [0.2, 0.25) is 5.28 Å². The average molecular weight is 306 g/mol. The van der Waals surface area contributed by atoms with Crippen LogP contribution in [0.25, 0.3) is 11.0 Å². The Balaban J connectivity index is 1.81. The predicted octanol–water partition coefficient (Wildman–Crippen LogP) is 3.77. The van der Waals surface area contributed by atoms with E-state index in [1.54, 1.807) is 0 Å². The van der Waals surface area contributed by atoms with Crippen molar-refractivity contribution in [2.24, 2.45) is 0 Å². The van der Waals surface area contributed by atoms with Gasteiger partial charge in [-0.1, -0.05) is 19.3 Å². The standard InChI is InChI=1S/C16H20ClN3O/c1-2-20-14-9-8-11(10-13(14)19-16(20)17)15(21)18-12-6-4-3-5-7-12/h8-10,12H,2-7H2,1H3,(H,18,21). The van der Waals surface area contributed by atoms with Crippen LogP contribution in [0.3, 0.4) is 0 Å².